The van der Waals surface area contributed by atoms with Gasteiger partial charge < -0.3 is 9.47 Å². The summed E-state index contributed by atoms with van der Waals surface area (Å²) in [6.45, 7) is 2.06. The fraction of sp³-hybridized carbons (Fsp3) is 0.462. The molecule has 0 spiro atoms. The highest BCUT2D eigenvalue weighted by molar-refractivity contribution is 5.69. The average molecular weight is 222 g/mol. The topological polar surface area (TPSA) is 35.5 Å². The molecule has 0 amide bonds. The minimum Gasteiger partial charge on any atom is -0.497 e. The summed E-state index contributed by atoms with van der Waals surface area (Å²) < 4.78 is 9.77. The lowest BCUT2D eigenvalue weighted by molar-refractivity contribution is -0.140. The number of hydrogen-bond donors (Lipinski definition) is 0. The number of benzene rings is 1. The molecule has 0 aromatic heterocycles. The van der Waals surface area contributed by atoms with Crippen LogP contribution in [0.15, 0.2) is 18.2 Å². The van der Waals surface area contributed by atoms with E-state index < -0.39 is 0 Å². The normalized spacial score (nSPS) is 9.94. The van der Waals surface area contributed by atoms with Gasteiger partial charge in [0.25, 0.3) is 0 Å². The Morgan fingerprint density at radius 1 is 1.31 bits per heavy atom. The van der Waals surface area contributed by atoms with Gasteiger partial charge in [0.2, 0.25) is 0 Å². The van der Waals surface area contributed by atoms with Gasteiger partial charge in [-0.25, -0.2) is 0 Å². The van der Waals surface area contributed by atoms with E-state index in [-0.39, 0.29) is 5.97 Å². The summed E-state index contributed by atoms with van der Waals surface area (Å²) in [6.07, 6.45) is 2.14. The van der Waals surface area contributed by atoms with Gasteiger partial charge in [-0.3, -0.25) is 4.79 Å². The van der Waals surface area contributed by atoms with E-state index in [1.165, 1.54) is 18.2 Å². The summed E-state index contributed by atoms with van der Waals surface area (Å²) in [5.41, 5.74) is 2.45. The Labute approximate surface area is 96.4 Å². The number of methoxy groups -OCH3 is 2. The molecule has 1 aromatic carbocycles. The molecule has 0 saturated heterocycles. The van der Waals surface area contributed by atoms with Crippen molar-refractivity contribution in [3.8, 4) is 5.75 Å². The summed E-state index contributed by atoms with van der Waals surface area (Å²) in [5, 5.41) is 0. The number of carbonyl (C=O) groups is 1. The fourth-order valence-electron chi connectivity index (χ4n) is 1.57. The van der Waals surface area contributed by atoms with Crippen molar-refractivity contribution < 1.29 is 14.3 Å². The number of hydrogen-bond acceptors (Lipinski definition) is 3. The molecular weight excluding hydrogens is 204 g/mol. The van der Waals surface area contributed by atoms with Crippen LogP contribution in [0, 0.1) is 6.92 Å². The summed E-state index contributed by atoms with van der Waals surface area (Å²) in [5.74, 6) is 0.708. The van der Waals surface area contributed by atoms with Gasteiger partial charge in [0.1, 0.15) is 5.75 Å². The Kier molecular flexibility index (Phi) is 4.83. The lowest BCUT2D eigenvalue weighted by Crippen LogP contribution is -2.01. The van der Waals surface area contributed by atoms with Gasteiger partial charge in [-0.15, -0.1) is 0 Å². The Morgan fingerprint density at radius 3 is 2.69 bits per heavy atom. The third-order valence-electron chi connectivity index (χ3n) is 2.61. The van der Waals surface area contributed by atoms with Crippen molar-refractivity contribution in [2.45, 2.75) is 26.2 Å². The maximum absolute atomic E-state index is 11.0. The van der Waals surface area contributed by atoms with Gasteiger partial charge >= 0.3 is 5.97 Å². The first-order valence-corrected chi connectivity index (χ1v) is 5.37. The summed E-state index contributed by atoms with van der Waals surface area (Å²) >= 11 is 0. The highest BCUT2D eigenvalue weighted by Crippen LogP contribution is 2.18. The van der Waals surface area contributed by atoms with E-state index in [1.54, 1.807) is 7.11 Å². The van der Waals surface area contributed by atoms with Gasteiger partial charge in [-0.05, 0) is 43.0 Å². The van der Waals surface area contributed by atoms with Crippen LogP contribution in [-0.4, -0.2) is 20.2 Å². The lowest BCUT2D eigenvalue weighted by Gasteiger charge is -2.07. The van der Waals surface area contributed by atoms with Crippen molar-refractivity contribution in [2.24, 2.45) is 0 Å². The van der Waals surface area contributed by atoms with Crippen molar-refractivity contribution in [3.05, 3.63) is 29.3 Å². The first kappa shape index (κ1) is 12.6. The van der Waals surface area contributed by atoms with Gasteiger partial charge in [0.05, 0.1) is 14.2 Å². The molecule has 1 rings (SSSR count). The molecule has 0 unspecified atom stereocenters. The molecule has 0 aliphatic heterocycles. The monoisotopic (exact) mass is 222 g/mol. The molecule has 3 heteroatoms. The zero-order chi connectivity index (χ0) is 12.0. The molecule has 88 valence electrons. The van der Waals surface area contributed by atoms with E-state index in [2.05, 4.69) is 11.7 Å². The minimum absolute atomic E-state index is 0.152. The van der Waals surface area contributed by atoms with E-state index in [4.69, 9.17) is 4.74 Å². The van der Waals surface area contributed by atoms with Gasteiger partial charge in [-0.2, -0.15) is 0 Å². The number of rotatable bonds is 5. The van der Waals surface area contributed by atoms with E-state index in [1.807, 2.05) is 18.2 Å². The van der Waals surface area contributed by atoms with Crippen LogP contribution in [0.4, 0.5) is 0 Å². The van der Waals surface area contributed by atoms with Crippen LogP contribution < -0.4 is 4.74 Å². The van der Waals surface area contributed by atoms with Crippen molar-refractivity contribution >= 4 is 5.97 Å². The molecule has 0 aliphatic rings. The standard InChI is InChI=1S/C13H18O3/c1-10-7-8-12(15-2)9-11(10)5-4-6-13(14)16-3/h7-9H,4-6H2,1-3H3. The van der Waals surface area contributed by atoms with Crippen LogP contribution in [-0.2, 0) is 16.0 Å². The molecule has 0 aliphatic carbocycles. The van der Waals surface area contributed by atoms with Crippen LogP contribution >= 0.6 is 0 Å². The second-order valence-corrected chi connectivity index (χ2v) is 3.72. The first-order valence-electron chi connectivity index (χ1n) is 5.37. The van der Waals surface area contributed by atoms with Crippen molar-refractivity contribution in [1.82, 2.24) is 0 Å². The van der Waals surface area contributed by atoms with E-state index in [0.717, 1.165) is 18.6 Å². The smallest absolute Gasteiger partial charge is 0.305 e. The van der Waals surface area contributed by atoms with Gasteiger partial charge in [0, 0.05) is 6.42 Å². The Hall–Kier alpha value is -1.51. The quantitative estimate of drug-likeness (QED) is 0.718. The molecule has 0 radical (unpaired) electrons. The molecule has 0 N–H and O–H groups in total. The largest absolute Gasteiger partial charge is 0.497 e. The second kappa shape index (κ2) is 6.16. The summed E-state index contributed by atoms with van der Waals surface area (Å²) in [6, 6.07) is 6.00. The van der Waals surface area contributed by atoms with Gasteiger partial charge in [-0.1, -0.05) is 6.07 Å². The maximum atomic E-state index is 11.0. The Morgan fingerprint density at radius 2 is 2.06 bits per heavy atom. The van der Waals surface area contributed by atoms with E-state index in [0.29, 0.717) is 6.42 Å². The second-order valence-electron chi connectivity index (χ2n) is 3.72. The zero-order valence-electron chi connectivity index (χ0n) is 10.1. The highest BCUT2D eigenvalue weighted by Gasteiger charge is 2.04. The number of esters is 1. The zero-order valence-corrected chi connectivity index (χ0v) is 10.1. The van der Waals surface area contributed by atoms with E-state index >= 15 is 0 Å². The van der Waals surface area contributed by atoms with Gasteiger partial charge in [0.15, 0.2) is 0 Å². The van der Waals surface area contributed by atoms with Crippen LogP contribution in [0.2, 0.25) is 0 Å². The number of ether oxygens (including phenoxy) is 2. The third kappa shape index (κ3) is 3.57. The third-order valence-corrected chi connectivity index (χ3v) is 2.61. The predicted octanol–water partition coefficient (Wildman–Crippen LogP) is 2.50. The van der Waals surface area contributed by atoms with Crippen LogP contribution in [0.3, 0.4) is 0 Å². The molecule has 3 nitrogen and oxygen atoms in total. The molecule has 0 fully saturated rings. The lowest BCUT2D eigenvalue weighted by atomic mass is 10.0. The Bertz CT molecular complexity index is 358. The average Bonchev–Trinajstić information content (AvgIpc) is 2.31. The van der Waals surface area contributed by atoms with Crippen molar-refractivity contribution in [2.75, 3.05) is 14.2 Å². The number of carbonyl (C=O) groups excluding carboxylic acids is 1. The highest BCUT2D eigenvalue weighted by atomic mass is 16.5. The predicted molar refractivity (Wildman–Crippen MR) is 62.7 cm³/mol. The SMILES string of the molecule is COC(=O)CCCc1cc(OC)ccc1C. The summed E-state index contributed by atoms with van der Waals surface area (Å²) in [7, 11) is 3.07. The minimum atomic E-state index is -0.152. The molecule has 16 heavy (non-hydrogen) atoms. The van der Waals surface area contributed by atoms with Crippen molar-refractivity contribution in [1.29, 1.82) is 0 Å². The molecule has 0 bridgehead atoms. The van der Waals surface area contributed by atoms with Crippen LogP contribution in [0.5, 0.6) is 5.75 Å². The molecular formula is C13H18O3. The first-order chi connectivity index (χ1) is 7.67. The molecule has 0 saturated carbocycles. The maximum Gasteiger partial charge on any atom is 0.305 e. The molecule has 0 atom stereocenters. The molecule has 0 heterocycles. The van der Waals surface area contributed by atoms with Crippen molar-refractivity contribution in [3.63, 3.8) is 0 Å². The summed E-state index contributed by atoms with van der Waals surface area (Å²) in [4.78, 5) is 11.0. The fourth-order valence-corrected chi connectivity index (χ4v) is 1.57. The van der Waals surface area contributed by atoms with Crippen LogP contribution in [0.1, 0.15) is 24.0 Å². The van der Waals surface area contributed by atoms with E-state index in [9.17, 15) is 4.79 Å². The number of aryl methyl sites for hydroxylation is 2. The molecule has 1 aromatic rings. The van der Waals surface area contributed by atoms with Crippen LogP contribution in [0.25, 0.3) is 0 Å². The Balaban J connectivity index is 2.55.